The van der Waals surface area contributed by atoms with Crippen molar-refractivity contribution >= 4 is 0 Å². The summed E-state index contributed by atoms with van der Waals surface area (Å²) in [5, 5.41) is 14.7. The van der Waals surface area contributed by atoms with Crippen molar-refractivity contribution in [3.05, 3.63) is 11.7 Å². The van der Waals surface area contributed by atoms with E-state index in [0.29, 0.717) is 24.1 Å². The minimum Gasteiger partial charge on any atom is -0.389 e. The van der Waals surface area contributed by atoms with E-state index < -0.39 is 5.60 Å². The van der Waals surface area contributed by atoms with Crippen LogP contribution in [0.3, 0.4) is 0 Å². The molecule has 3 rings (SSSR count). The smallest absolute Gasteiger partial charge is 0.229 e. The van der Waals surface area contributed by atoms with E-state index in [0.717, 1.165) is 18.7 Å². The Morgan fingerprint density at radius 1 is 1.39 bits per heavy atom. The molecule has 0 saturated heterocycles. The number of hydrogen-bond donors (Lipinski definition) is 1. The fourth-order valence-corrected chi connectivity index (χ4v) is 3.52. The summed E-state index contributed by atoms with van der Waals surface area (Å²) in [7, 11) is 0. The molecule has 18 heavy (non-hydrogen) atoms. The fourth-order valence-electron chi connectivity index (χ4n) is 3.52. The van der Waals surface area contributed by atoms with E-state index in [9.17, 15) is 5.11 Å². The molecule has 0 spiro atoms. The van der Waals surface area contributed by atoms with Crippen LogP contribution in [0, 0.1) is 11.8 Å². The molecular formula is C14H22N2O2. The Hall–Kier alpha value is -0.900. The molecule has 0 aromatic carbocycles. The summed E-state index contributed by atoms with van der Waals surface area (Å²) in [4.78, 5) is 4.44. The van der Waals surface area contributed by atoms with E-state index in [2.05, 4.69) is 30.9 Å². The van der Waals surface area contributed by atoms with Crippen LogP contribution in [0.4, 0.5) is 0 Å². The molecule has 2 aliphatic rings. The van der Waals surface area contributed by atoms with Crippen LogP contribution in [0.2, 0.25) is 0 Å². The molecule has 3 atom stereocenters. The Bertz CT molecular complexity index is 449. The van der Waals surface area contributed by atoms with E-state index in [1.165, 1.54) is 12.8 Å². The molecule has 2 saturated carbocycles. The molecule has 4 nitrogen and oxygen atoms in total. The normalized spacial score (nSPS) is 35.3. The highest BCUT2D eigenvalue weighted by atomic mass is 16.5. The zero-order chi connectivity index (χ0) is 13.0. The van der Waals surface area contributed by atoms with Crippen molar-refractivity contribution in [3.63, 3.8) is 0 Å². The Morgan fingerprint density at radius 2 is 2.17 bits per heavy atom. The summed E-state index contributed by atoms with van der Waals surface area (Å²) < 4.78 is 5.30. The van der Waals surface area contributed by atoms with Crippen LogP contribution in [-0.2, 0) is 11.8 Å². The van der Waals surface area contributed by atoms with Gasteiger partial charge in [0.15, 0.2) is 5.82 Å². The van der Waals surface area contributed by atoms with E-state index in [1.54, 1.807) is 0 Å². The lowest BCUT2D eigenvalue weighted by molar-refractivity contribution is -0.0184. The molecule has 2 aliphatic carbocycles. The average Bonchev–Trinajstić information content (AvgIpc) is 2.90. The maximum Gasteiger partial charge on any atom is 0.229 e. The van der Waals surface area contributed by atoms with Crippen LogP contribution in [0.15, 0.2) is 4.52 Å². The largest absolute Gasteiger partial charge is 0.389 e. The van der Waals surface area contributed by atoms with Crippen LogP contribution in [-0.4, -0.2) is 20.8 Å². The van der Waals surface area contributed by atoms with E-state index in [4.69, 9.17) is 4.52 Å². The van der Waals surface area contributed by atoms with Crippen molar-refractivity contribution in [1.82, 2.24) is 10.1 Å². The van der Waals surface area contributed by atoms with Gasteiger partial charge in [0, 0.05) is 5.41 Å². The zero-order valence-corrected chi connectivity index (χ0v) is 11.4. The van der Waals surface area contributed by atoms with Crippen molar-refractivity contribution in [1.29, 1.82) is 0 Å². The topological polar surface area (TPSA) is 59.2 Å². The predicted molar refractivity (Wildman–Crippen MR) is 67.1 cm³/mol. The Labute approximate surface area is 108 Å². The fraction of sp³-hybridized carbons (Fsp3) is 0.857. The quantitative estimate of drug-likeness (QED) is 0.876. The highest BCUT2D eigenvalue weighted by molar-refractivity contribution is 5.07. The number of hydrogen-bond acceptors (Lipinski definition) is 4. The summed E-state index contributed by atoms with van der Waals surface area (Å²) in [6.07, 6.45) is 5.05. The summed E-state index contributed by atoms with van der Waals surface area (Å²) in [5.41, 5.74) is -0.691. The molecule has 2 bridgehead atoms. The third kappa shape index (κ3) is 1.96. The van der Waals surface area contributed by atoms with E-state index in [-0.39, 0.29) is 5.41 Å². The van der Waals surface area contributed by atoms with Gasteiger partial charge in [-0.1, -0.05) is 25.9 Å². The number of rotatable bonds is 2. The monoisotopic (exact) mass is 250 g/mol. The van der Waals surface area contributed by atoms with Crippen molar-refractivity contribution in [2.45, 2.75) is 63.9 Å². The lowest BCUT2D eigenvalue weighted by Crippen LogP contribution is -2.37. The highest BCUT2D eigenvalue weighted by Crippen LogP contribution is 2.51. The first-order chi connectivity index (χ1) is 8.37. The summed E-state index contributed by atoms with van der Waals surface area (Å²) in [6.45, 7) is 6.19. The van der Waals surface area contributed by atoms with E-state index >= 15 is 0 Å². The predicted octanol–water partition coefficient (Wildman–Crippen LogP) is 2.46. The number of aliphatic hydroxyl groups is 1. The Morgan fingerprint density at radius 3 is 2.67 bits per heavy atom. The number of fused-ring (bicyclic) bond motifs is 2. The molecule has 1 N–H and O–H groups in total. The van der Waals surface area contributed by atoms with Gasteiger partial charge in [0.05, 0.1) is 12.0 Å². The Kier molecular flexibility index (Phi) is 2.56. The molecule has 100 valence electrons. The molecule has 0 aliphatic heterocycles. The van der Waals surface area contributed by atoms with Gasteiger partial charge in [-0.15, -0.1) is 0 Å². The van der Waals surface area contributed by atoms with Gasteiger partial charge in [-0.05, 0) is 37.5 Å². The lowest BCUT2D eigenvalue weighted by atomic mass is 9.82. The second kappa shape index (κ2) is 3.80. The maximum absolute atomic E-state index is 10.7. The molecule has 0 amide bonds. The van der Waals surface area contributed by atoms with Crippen molar-refractivity contribution in [2.75, 3.05) is 0 Å². The second-order valence-corrected chi connectivity index (χ2v) is 7.12. The summed E-state index contributed by atoms with van der Waals surface area (Å²) in [6, 6.07) is 0. The molecule has 2 fully saturated rings. The molecule has 3 unspecified atom stereocenters. The van der Waals surface area contributed by atoms with Gasteiger partial charge in [0.25, 0.3) is 0 Å². The maximum atomic E-state index is 10.7. The minimum atomic E-state index is -0.593. The van der Waals surface area contributed by atoms with Gasteiger partial charge in [0.1, 0.15) is 0 Å². The molecule has 0 radical (unpaired) electrons. The minimum absolute atomic E-state index is 0.0982. The third-order valence-corrected chi connectivity index (χ3v) is 4.54. The van der Waals surface area contributed by atoms with E-state index in [1.807, 2.05) is 0 Å². The third-order valence-electron chi connectivity index (χ3n) is 4.54. The van der Waals surface area contributed by atoms with Gasteiger partial charge in [-0.2, -0.15) is 4.98 Å². The van der Waals surface area contributed by atoms with Gasteiger partial charge in [-0.25, -0.2) is 0 Å². The standard InChI is InChI=1S/C14H22N2O2/c1-13(2,3)12-15-11(18-16-12)8-14(17)7-9-4-5-10(14)6-9/h9-10,17H,4-8H2,1-3H3. The first-order valence-electron chi connectivity index (χ1n) is 6.92. The molecule has 1 aromatic heterocycles. The highest BCUT2D eigenvalue weighted by Gasteiger charge is 2.50. The lowest BCUT2D eigenvalue weighted by Gasteiger charge is -2.30. The van der Waals surface area contributed by atoms with Gasteiger partial charge < -0.3 is 9.63 Å². The Balaban J connectivity index is 1.75. The van der Waals surface area contributed by atoms with Crippen LogP contribution in [0.1, 0.15) is 58.2 Å². The number of aromatic nitrogens is 2. The molecule has 1 heterocycles. The SMILES string of the molecule is CC(C)(C)c1noc(CC2(O)CC3CCC2C3)n1. The molecule has 4 heteroatoms. The van der Waals surface area contributed by atoms with Crippen LogP contribution in [0.5, 0.6) is 0 Å². The van der Waals surface area contributed by atoms with Crippen molar-refractivity contribution < 1.29 is 9.63 Å². The average molecular weight is 250 g/mol. The van der Waals surface area contributed by atoms with Gasteiger partial charge in [0.2, 0.25) is 5.89 Å². The van der Waals surface area contributed by atoms with Crippen molar-refractivity contribution in [2.24, 2.45) is 11.8 Å². The summed E-state index contributed by atoms with van der Waals surface area (Å²) in [5.74, 6) is 2.47. The second-order valence-electron chi connectivity index (χ2n) is 7.12. The van der Waals surface area contributed by atoms with Gasteiger partial charge in [-0.3, -0.25) is 0 Å². The number of nitrogens with zero attached hydrogens (tertiary/aromatic N) is 2. The summed E-state index contributed by atoms with van der Waals surface area (Å²) >= 11 is 0. The van der Waals surface area contributed by atoms with Crippen LogP contribution < -0.4 is 0 Å². The first-order valence-corrected chi connectivity index (χ1v) is 6.92. The molecular weight excluding hydrogens is 228 g/mol. The van der Waals surface area contributed by atoms with Crippen LogP contribution >= 0.6 is 0 Å². The molecule has 1 aromatic rings. The van der Waals surface area contributed by atoms with Crippen molar-refractivity contribution in [3.8, 4) is 0 Å². The van der Waals surface area contributed by atoms with Gasteiger partial charge >= 0.3 is 0 Å². The first kappa shape index (κ1) is 12.2. The van der Waals surface area contributed by atoms with Crippen LogP contribution in [0.25, 0.3) is 0 Å². The zero-order valence-electron chi connectivity index (χ0n) is 11.4.